The number of aldehydes is 1. The molecule has 0 aromatic heterocycles. The Balaban J connectivity index is 1.82. The van der Waals surface area contributed by atoms with Crippen LogP contribution in [0.3, 0.4) is 0 Å². The summed E-state index contributed by atoms with van der Waals surface area (Å²) in [4.78, 5) is 36.9. The number of hydrogen-bond donors (Lipinski definition) is 2. The third kappa shape index (κ3) is 3.21. The number of fused-ring (bicyclic) bond motifs is 5. The number of aliphatic hydroxyl groups excluding tert-OH is 1. The van der Waals surface area contributed by atoms with Crippen LogP contribution >= 0.6 is 0 Å². The van der Waals surface area contributed by atoms with Crippen molar-refractivity contribution in [3.05, 3.63) is 11.6 Å². The molecular formula is C21H28O8S. The van der Waals surface area contributed by atoms with Gasteiger partial charge in [0.25, 0.3) is 0 Å². The number of carbonyl (C=O) groups excluding carboxylic acids is 3. The van der Waals surface area contributed by atoms with E-state index in [2.05, 4.69) is 0 Å². The van der Waals surface area contributed by atoms with E-state index < -0.39 is 45.6 Å². The Morgan fingerprint density at radius 3 is 2.67 bits per heavy atom. The van der Waals surface area contributed by atoms with Gasteiger partial charge in [0.15, 0.2) is 11.6 Å². The van der Waals surface area contributed by atoms with Crippen LogP contribution in [0.2, 0.25) is 0 Å². The molecular weight excluding hydrogens is 412 g/mol. The lowest BCUT2D eigenvalue weighted by atomic mass is 9.45. The maximum atomic E-state index is 12.4. The first-order chi connectivity index (χ1) is 14.1. The molecule has 4 aliphatic carbocycles. The molecule has 0 unspecified atom stereocenters. The second kappa shape index (κ2) is 7.32. The normalized spacial score (nSPS) is 43.2. The van der Waals surface area contributed by atoms with Crippen LogP contribution in [0.4, 0.5) is 0 Å². The molecule has 2 N–H and O–H groups in total. The first-order valence-corrected chi connectivity index (χ1v) is 11.9. The molecule has 0 bridgehead atoms. The lowest BCUT2D eigenvalue weighted by Gasteiger charge is -2.59. The van der Waals surface area contributed by atoms with Gasteiger partial charge >= 0.3 is 10.4 Å². The van der Waals surface area contributed by atoms with Crippen LogP contribution in [0, 0.1) is 34.5 Å². The minimum atomic E-state index is -4.79. The molecule has 0 saturated heterocycles. The number of rotatable bonds is 5. The van der Waals surface area contributed by atoms with Crippen molar-refractivity contribution in [3.8, 4) is 0 Å². The quantitative estimate of drug-likeness (QED) is 0.487. The van der Waals surface area contributed by atoms with Crippen LogP contribution in [0.15, 0.2) is 11.6 Å². The Morgan fingerprint density at radius 2 is 2.03 bits per heavy atom. The number of allylic oxidation sites excluding steroid dienone is 1. The largest absolute Gasteiger partial charge is 0.397 e. The summed E-state index contributed by atoms with van der Waals surface area (Å²) in [6.07, 6.45) is 4.79. The fraction of sp³-hybridized carbons (Fsp3) is 0.762. The van der Waals surface area contributed by atoms with E-state index in [4.69, 9.17) is 4.18 Å². The average Bonchev–Trinajstić information content (AvgIpc) is 3.06. The van der Waals surface area contributed by atoms with Gasteiger partial charge in [-0.2, -0.15) is 8.42 Å². The van der Waals surface area contributed by atoms with Gasteiger partial charge in [-0.25, -0.2) is 4.18 Å². The van der Waals surface area contributed by atoms with E-state index in [1.165, 1.54) is 0 Å². The molecule has 0 aromatic rings. The molecule has 0 aromatic carbocycles. The summed E-state index contributed by atoms with van der Waals surface area (Å²) in [6, 6.07) is 0. The lowest BCUT2D eigenvalue weighted by molar-refractivity contribution is -0.154. The van der Waals surface area contributed by atoms with E-state index in [1.54, 1.807) is 6.08 Å². The Labute approximate surface area is 176 Å². The van der Waals surface area contributed by atoms with Gasteiger partial charge in [-0.3, -0.25) is 14.1 Å². The van der Waals surface area contributed by atoms with Crippen LogP contribution in [-0.2, 0) is 29.0 Å². The highest BCUT2D eigenvalue weighted by Crippen LogP contribution is 2.66. The fourth-order valence-corrected chi connectivity index (χ4v) is 7.89. The summed E-state index contributed by atoms with van der Waals surface area (Å²) in [6.45, 7) is 1.35. The van der Waals surface area contributed by atoms with Crippen molar-refractivity contribution in [2.75, 3.05) is 6.61 Å². The standard InChI is InChI=1S/C21H28O8S/c1-20-7-6-13(24)8-12(20)2-3-14-15-4-5-16(17(25)10-22)21(15,11-23)9-18(19(14)20)29-30(26,27)28/h8,11,14-16,18-19,22H,2-7,9-10H2,1H3,(H,26,27,28)/t14-,15-,16+,18-,19+,20-,21+/m0/s1. The van der Waals surface area contributed by atoms with Gasteiger partial charge in [-0.05, 0) is 67.8 Å². The maximum Gasteiger partial charge on any atom is 0.397 e. The molecule has 8 nitrogen and oxygen atoms in total. The van der Waals surface area contributed by atoms with Crippen molar-refractivity contribution in [1.82, 2.24) is 0 Å². The zero-order valence-corrected chi connectivity index (χ0v) is 17.8. The van der Waals surface area contributed by atoms with Gasteiger partial charge in [-0.15, -0.1) is 0 Å². The molecule has 30 heavy (non-hydrogen) atoms. The van der Waals surface area contributed by atoms with Crippen molar-refractivity contribution in [2.45, 2.75) is 58.0 Å². The predicted octanol–water partition coefficient (Wildman–Crippen LogP) is 1.67. The zero-order valence-electron chi connectivity index (χ0n) is 17.0. The Kier molecular flexibility index (Phi) is 5.32. The summed E-state index contributed by atoms with van der Waals surface area (Å²) >= 11 is 0. The van der Waals surface area contributed by atoms with Crippen LogP contribution in [-0.4, -0.2) is 48.6 Å². The minimum absolute atomic E-state index is 0.00462. The molecule has 0 heterocycles. The van der Waals surface area contributed by atoms with E-state index in [1.807, 2.05) is 6.92 Å². The van der Waals surface area contributed by atoms with Gasteiger partial charge in [-0.1, -0.05) is 12.5 Å². The van der Waals surface area contributed by atoms with Crippen molar-refractivity contribution in [3.63, 3.8) is 0 Å². The first kappa shape index (κ1) is 21.8. The van der Waals surface area contributed by atoms with E-state index in [9.17, 15) is 32.5 Å². The third-order valence-electron chi connectivity index (χ3n) is 8.49. The second-order valence-electron chi connectivity index (χ2n) is 9.64. The van der Waals surface area contributed by atoms with Gasteiger partial charge in [0, 0.05) is 17.8 Å². The Hall–Kier alpha value is -1.42. The molecule has 0 amide bonds. The molecule has 4 rings (SSSR count). The molecule has 9 heteroatoms. The van der Waals surface area contributed by atoms with Crippen LogP contribution in [0.5, 0.6) is 0 Å². The van der Waals surface area contributed by atoms with Gasteiger partial charge in [0.1, 0.15) is 12.9 Å². The monoisotopic (exact) mass is 440 g/mol. The number of hydrogen-bond acceptors (Lipinski definition) is 7. The summed E-state index contributed by atoms with van der Waals surface area (Å²) in [5.41, 5.74) is -0.609. The highest BCUT2D eigenvalue weighted by molar-refractivity contribution is 7.80. The van der Waals surface area contributed by atoms with Gasteiger partial charge in [0.05, 0.1) is 6.10 Å². The van der Waals surface area contributed by atoms with Crippen LogP contribution in [0.25, 0.3) is 0 Å². The summed E-state index contributed by atoms with van der Waals surface area (Å²) in [5, 5.41) is 9.43. The summed E-state index contributed by atoms with van der Waals surface area (Å²) in [7, 11) is -4.79. The molecule has 4 aliphatic rings. The molecule has 7 atom stereocenters. The van der Waals surface area contributed by atoms with E-state index in [0.29, 0.717) is 38.5 Å². The lowest BCUT2D eigenvalue weighted by Crippen LogP contribution is -2.59. The topological polar surface area (TPSA) is 135 Å². The maximum absolute atomic E-state index is 12.4. The first-order valence-electron chi connectivity index (χ1n) is 10.5. The van der Waals surface area contributed by atoms with Crippen molar-refractivity contribution in [2.24, 2.45) is 34.5 Å². The van der Waals surface area contributed by atoms with E-state index in [0.717, 1.165) is 11.9 Å². The Bertz CT molecular complexity index is 908. The molecule has 0 aliphatic heterocycles. The van der Waals surface area contributed by atoms with Gasteiger partial charge < -0.3 is 9.90 Å². The average molecular weight is 441 g/mol. The highest BCUT2D eigenvalue weighted by Gasteiger charge is 2.65. The number of Topliss-reactive ketones (excluding diaryl/α,β-unsaturated/α-hetero) is 1. The van der Waals surface area contributed by atoms with Crippen molar-refractivity contribution >= 4 is 28.3 Å². The summed E-state index contributed by atoms with van der Waals surface area (Å²) in [5.74, 6) is -1.55. The Morgan fingerprint density at radius 1 is 1.30 bits per heavy atom. The molecule has 3 fully saturated rings. The van der Waals surface area contributed by atoms with Crippen LogP contribution < -0.4 is 0 Å². The van der Waals surface area contributed by atoms with Gasteiger partial charge in [0.2, 0.25) is 0 Å². The van der Waals surface area contributed by atoms with E-state index >= 15 is 0 Å². The van der Waals surface area contributed by atoms with Crippen molar-refractivity contribution in [1.29, 1.82) is 0 Å². The molecule has 3 saturated carbocycles. The molecule has 0 radical (unpaired) electrons. The predicted molar refractivity (Wildman–Crippen MR) is 104 cm³/mol. The van der Waals surface area contributed by atoms with Crippen LogP contribution in [0.1, 0.15) is 51.9 Å². The second-order valence-corrected chi connectivity index (χ2v) is 10.7. The van der Waals surface area contributed by atoms with Crippen molar-refractivity contribution < 1.29 is 36.6 Å². The number of ketones is 2. The van der Waals surface area contributed by atoms with E-state index in [-0.39, 0.29) is 30.0 Å². The SMILES string of the molecule is C[C@]12CCC(=O)C=C1CC[C@@H]1[C@@H]2[C@@H](OS(=O)(=O)O)C[C@]2(C=O)[C@@H](C(=O)CO)CC[C@@H]12. The molecule has 0 spiro atoms. The zero-order chi connectivity index (χ0) is 21.9. The number of carbonyl (C=O) groups is 3. The minimum Gasteiger partial charge on any atom is -0.389 e. The smallest absolute Gasteiger partial charge is 0.389 e. The third-order valence-corrected chi connectivity index (χ3v) is 8.98. The molecule has 166 valence electrons. The number of aliphatic hydroxyl groups is 1. The summed E-state index contributed by atoms with van der Waals surface area (Å²) < 4.78 is 38.1. The highest BCUT2D eigenvalue weighted by atomic mass is 32.3. The fourth-order valence-electron chi connectivity index (χ4n) is 7.39.